The second kappa shape index (κ2) is 7.97. The van der Waals surface area contributed by atoms with Crippen molar-refractivity contribution < 1.29 is 9.59 Å². The Morgan fingerprint density at radius 1 is 1.12 bits per heavy atom. The summed E-state index contributed by atoms with van der Waals surface area (Å²) in [7, 11) is 0. The number of anilines is 1. The minimum Gasteiger partial charge on any atom is -0.350 e. The molecule has 2 aromatic carbocycles. The van der Waals surface area contributed by atoms with Gasteiger partial charge < -0.3 is 10.2 Å². The van der Waals surface area contributed by atoms with E-state index in [2.05, 4.69) is 17.4 Å². The Morgan fingerprint density at radius 3 is 2.48 bits per heavy atom. The molecule has 0 aromatic heterocycles. The summed E-state index contributed by atoms with van der Waals surface area (Å²) in [5.74, 6) is 0.0894. The van der Waals surface area contributed by atoms with Gasteiger partial charge in [0.05, 0.1) is 0 Å². The fraction of sp³-hybridized carbons (Fsp3) is 0.333. The van der Waals surface area contributed by atoms with Gasteiger partial charge in [-0.25, -0.2) is 0 Å². The Labute approximate surface area is 148 Å². The summed E-state index contributed by atoms with van der Waals surface area (Å²) < 4.78 is 0. The highest BCUT2D eigenvalue weighted by molar-refractivity contribution is 5.97. The van der Waals surface area contributed by atoms with Crippen LogP contribution < -0.4 is 10.2 Å². The number of nitrogens with zero attached hydrogens (tertiary/aromatic N) is 1. The molecule has 3 rings (SSSR count). The number of nitrogens with one attached hydrogen (secondary N) is 1. The van der Waals surface area contributed by atoms with Crippen molar-refractivity contribution in [1.82, 2.24) is 5.32 Å². The molecule has 1 fully saturated rings. The minimum absolute atomic E-state index is 0.0696. The SMILES string of the molecule is C[C@@H](CCc1ccccc1)NC(=O)c1ccc(N2CCCC2=O)cc1. The summed E-state index contributed by atoms with van der Waals surface area (Å²) in [5.41, 5.74) is 2.78. The molecule has 1 atom stereocenters. The molecule has 1 aliphatic heterocycles. The van der Waals surface area contributed by atoms with Crippen molar-refractivity contribution in [2.45, 2.75) is 38.6 Å². The van der Waals surface area contributed by atoms with E-state index in [-0.39, 0.29) is 17.9 Å². The molecule has 4 nitrogen and oxygen atoms in total. The van der Waals surface area contributed by atoms with Crippen molar-refractivity contribution in [3.05, 3.63) is 65.7 Å². The Morgan fingerprint density at radius 2 is 1.84 bits per heavy atom. The van der Waals surface area contributed by atoms with Crippen LogP contribution in [0.15, 0.2) is 54.6 Å². The smallest absolute Gasteiger partial charge is 0.251 e. The molecule has 1 heterocycles. The highest BCUT2D eigenvalue weighted by Gasteiger charge is 2.21. The van der Waals surface area contributed by atoms with Crippen LogP contribution in [0.2, 0.25) is 0 Å². The largest absolute Gasteiger partial charge is 0.350 e. The Kier molecular flexibility index (Phi) is 5.49. The lowest BCUT2D eigenvalue weighted by Gasteiger charge is -2.17. The summed E-state index contributed by atoms with van der Waals surface area (Å²) in [6.07, 6.45) is 3.36. The number of rotatable bonds is 6. The standard InChI is InChI=1S/C21H24N2O2/c1-16(9-10-17-6-3-2-4-7-17)22-21(25)18-11-13-19(14-12-18)23-15-5-8-20(23)24/h2-4,6-7,11-14,16H,5,8-10,15H2,1H3,(H,22,25)/t16-/m0/s1. The number of benzene rings is 2. The average Bonchev–Trinajstić information content (AvgIpc) is 3.07. The van der Waals surface area contributed by atoms with Gasteiger partial charge in [-0.05, 0) is 56.0 Å². The van der Waals surface area contributed by atoms with Crippen LogP contribution >= 0.6 is 0 Å². The second-order valence-electron chi connectivity index (χ2n) is 6.59. The predicted octanol–water partition coefficient (Wildman–Crippen LogP) is 3.56. The van der Waals surface area contributed by atoms with Gasteiger partial charge in [0.1, 0.15) is 0 Å². The van der Waals surface area contributed by atoms with Crippen molar-refractivity contribution >= 4 is 17.5 Å². The summed E-state index contributed by atoms with van der Waals surface area (Å²) >= 11 is 0. The van der Waals surface area contributed by atoms with Gasteiger partial charge in [-0.3, -0.25) is 9.59 Å². The van der Waals surface area contributed by atoms with Crippen molar-refractivity contribution in [2.24, 2.45) is 0 Å². The fourth-order valence-electron chi connectivity index (χ4n) is 3.12. The van der Waals surface area contributed by atoms with Crippen LogP contribution in [0.25, 0.3) is 0 Å². The molecule has 2 aromatic rings. The number of carbonyl (C=O) groups is 2. The molecule has 0 unspecified atom stereocenters. The predicted molar refractivity (Wildman–Crippen MR) is 99.7 cm³/mol. The number of amides is 2. The molecule has 1 aliphatic rings. The maximum absolute atomic E-state index is 12.4. The van der Waals surface area contributed by atoms with Gasteiger partial charge in [0.15, 0.2) is 0 Å². The maximum atomic E-state index is 12.4. The van der Waals surface area contributed by atoms with Crippen LogP contribution in [0.5, 0.6) is 0 Å². The topological polar surface area (TPSA) is 49.4 Å². The van der Waals surface area contributed by atoms with Crippen molar-refractivity contribution in [3.63, 3.8) is 0 Å². The molecule has 0 radical (unpaired) electrons. The Hall–Kier alpha value is -2.62. The van der Waals surface area contributed by atoms with E-state index in [0.29, 0.717) is 12.0 Å². The minimum atomic E-state index is -0.0696. The normalized spacial score (nSPS) is 15.2. The summed E-state index contributed by atoms with van der Waals surface area (Å²) in [6.45, 7) is 2.79. The van der Waals surface area contributed by atoms with Gasteiger partial charge in [-0.15, -0.1) is 0 Å². The summed E-state index contributed by atoms with van der Waals surface area (Å²) in [4.78, 5) is 25.9. The van der Waals surface area contributed by atoms with Gasteiger partial charge in [-0.1, -0.05) is 30.3 Å². The number of hydrogen-bond donors (Lipinski definition) is 1. The first kappa shape index (κ1) is 17.2. The van der Waals surface area contributed by atoms with E-state index in [4.69, 9.17) is 0 Å². The first-order valence-electron chi connectivity index (χ1n) is 8.89. The molecule has 25 heavy (non-hydrogen) atoms. The highest BCUT2D eigenvalue weighted by Crippen LogP contribution is 2.21. The first-order valence-corrected chi connectivity index (χ1v) is 8.89. The van der Waals surface area contributed by atoms with E-state index in [1.807, 2.05) is 37.3 Å². The molecule has 0 aliphatic carbocycles. The lowest BCUT2D eigenvalue weighted by atomic mass is 10.1. The number of hydrogen-bond acceptors (Lipinski definition) is 2. The average molecular weight is 336 g/mol. The molecule has 1 saturated heterocycles. The molecular weight excluding hydrogens is 312 g/mol. The lowest BCUT2D eigenvalue weighted by molar-refractivity contribution is -0.117. The third kappa shape index (κ3) is 4.47. The molecule has 4 heteroatoms. The third-order valence-corrected chi connectivity index (χ3v) is 4.60. The molecule has 2 amide bonds. The summed E-state index contributed by atoms with van der Waals surface area (Å²) in [6, 6.07) is 17.7. The van der Waals surface area contributed by atoms with E-state index < -0.39 is 0 Å². The van der Waals surface area contributed by atoms with Crippen LogP contribution in [0.3, 0.4) is 0 Å². The van der Waals surface area contributed by atoms with Gasteiger partial charge in [0, 0.05) is 30.3 Å². The number of aryl methyl sites for hydroxylation is 1. The zero-order valence-electron chi connectivity index (χ0n) is 14.6. The van der Waals surface area contributed by atoms with E-state index in [1.165, 1.54) is 5.56 Å². The summed E-state index contributed by atoms with van der Waals surface area (Å²) in [5, 5.41) is 3.04. The van der Waals surface area contributed by atoms with E-state index in [9.17, 15) is 9.59 Å². The third-order valence-electron chi connectivity index (χ3n) is 4.60. The van der Waals surface area contributed by atoms with Crippen LogP contribution in [0.1, 0.15) is 42.1 Å². The highest BCUT2D eigenvalue weighted by atomic mass is 16.2. The van der Waals surface area contributed by atoms with Crippen LogP contribution in [0.4, 0.5) is 5.69 Å². The van der Waals surface area contributed by atoms with Crippen LogP contribution in [-0.2, 0) is 11.2 Å². The zero-order valence-corrected chi connectivity index (χ0v) is 14.6. The van der Waals surface area contributed by atoms with Gasteiger partial charge in [0.2, 0.25) is 5.91 Å². The van der Waals surface area contributed by atoms with E-state index in [1.54, 1.807) is 17.0 Å². The first-order chi connectivity index (χ1) is 12.1. The molecule has 0 spiro atoms. The zero-order chi connectivity index (χ0) is 17.6. The van der Waals surface area contributed by atoms with Crippen LogP contribution in [0, 0.1) is 0 Å². The second-order valence-corrected chi connectivity index (χ2v) is 6.59. The van der Waals surface area contributed by atoms with Crippen molar-refractivity contribution in [1.29, 1.82) is 0 Å². The van der Waals surface area contributed by atoms with Crippen molar-refractivity contribution in [3.8, 4) is 0 Å². The Balaban J connectivity index is 1.53. The maximum Gasteiger partial charge on any atom is 0.251 e. The van der Waals surface area contributed by atoms with Crippen LogP contribution in [-0.4, -0.2) is 24.4 Å². The van der Waals surface area contributed by atoms with E-state index >= 15 is 0 Å². The lowest BCUT2D eigenvalue weighted by Crippen LogP contribution is -2.33. The molecule has 0 saturated carbocycles. The van der Waals surface area contributed by atoms with Gasteiger partial charge in [0.25, 0.3) is 5.91 Å². The molecular formula is C21H24N2O2. The monoisotopic (exact) mass is 336 g/mol. The quantitative estimate of drug-likeness (QED) is 0.877. The molecule has 1 N–H and O–H groups in total. The van der Waals surface area contributed by atoms with Gasteiger partial charge in [-0.2, -0.15) is 0 Å². The van der Waals surface area contributed by atoms with E-state index in [0.717, 1.165) is 31.5 Å². The van der Waals surface area contributed by atoms with Crippen molar-refractivity contribution in [2.75, 3.05) is 11.4 Å². The number of carbonyl (C=O) groups excluding carboxylic acids is 2. The molecule has 130 valence electrons. The fourth-order valence-corrected chi connectivity index (χ4v) is 3.12. The Bertz CT molecular complexity index is 725. The molecule has 0 bridgehead atoms. The van der Waals surface area contributed by atoms with Gasteiger partial charge >= 0.3 is 0 Å².